The molecule has 2 rings (SSSR count). The second kappa shape index (κ2) is 9.06. The van der Waals surface area contributed by atoms with Crippen molar-refractivity contribution in [2.45, 2.75) is 26.3 Å². The van der Waals surface area contributed by atoms with Crippen LogP contribution >= 0.6 is 0 Å². The van der Waals surface area contributed by atoms with E-state index in [0.717, 1.165) is 12.8 Å². The van der Waals surface area contributed by atoms with Gasteiger partial charge in [0.2, 0.25) is 0 Å². The molecule has 0 aliphatic carbocycles. The minimum Gasteiger partial charge on any atom is -0.493 e. The van der Waals surface area contributed by atoms with Gasteiger partial charge in [0.15, 0.2) is 11.5 Å². The van der Waals surface area contributed by atoms with Gasteiger partial charge in [-0.2, -0.15) is 0 Å². The summed E-state index contributed by atoms with van der Waals surface area (Å²) >= 11 is 0. The lowest BCUT2D eigenvalue weighted by atomic mass is 10.1. The maximum atomic E-state index is 13.8. The first-order valence-corrected chi connectivity index (χ1v) is 8.36. The predicted octanol–water partition coefficient (Wildman–Crippen LogP) is 4.29. The van der Waals surface area contributed by atoms with Gasteiger partial charge >= 0.3 is 0 Å². The molecule has 0 atom stereocenters. The first kappa shape index (κ1) is 18.8. The molecule has 2 aromatic carbocycles. The number of rotatable bonds is 8. The third-order valence-corrected chi connectivity index (χ3v) is 3.88. The van der Waals surface area contributed by atoms with E-state index in [4.69, 9.17) is 9.47 Å². The van der Waals surface area contributed by atoms with Crippen molar-refractivity contribution in [1.82, 2.24) is 4.90 Å². The highest BCUT2D eigenvalue weighted by atomic mass is 19.1. The molecule has 2 aromatic rings. The Morgan fingerprint density at radius 2 is 1.92 bits per heavy atom. The van der Waals surface area contributed by atoms with Crippen molar-refractivity contribution in [3.8, 4) is 11.5 Å². The summed E-state index contributed by atoms with van der Waals surface area (Å²) in [6.45, 7) is 2.89. The Hall–Kier alpha value is -2.56. The topological polar surface area (TPSA) is 38.8 Å². The third kappa shape index (κ3) is 4.95. The molecule has 1 amide bonds. The van der Waals surface area contributed by atoms with Crippen LogP contribution in [0.4, 0.5) is 4.39 Å². The van der Waals surface area contributed by atoms with Crippen molar-refractivity contribution in [3.05, 3.63) is 59.4 Å². The molecule has 25 heavy (non-hydrogen) atoms. The van der Waals surface area contributed by atoms with Gasteiger partial charge in [-0.3, -0.25) is 4.79 Å². The zero-order chi connectivity index (χ0) is 18.2. The van der Waals surface area contributed by atoms with Gasteiger partial charge in [0.25, 0.3) is 5.91 Å². The van der Waals surface area contributed by atoms with Crippen LogP contribution in [0.2, 0.25) is 0 Å². The lowest BCUT2D eigenvalue weighted by Gasteiger charge is -2.19. The van der Waals surface area contributed by atoms with Crippen molar-refractivity contribution < 1.29 is 18.7 Å². The van der Waals surface area contributed by atoms with E-state index in [1.165, 1.54) is 11.0 Å². The summed E-state index contributed by atoms with van der Waals surface area (Å²) in [5.74, 6) is 0.603. The number of carbonyl (C=O) groups is 1. The number of hydrogen-bond acceptors (Lipinski definition) is 3. The molecule has 0 aliphatic rings. The van der Waals surface area contributed by atoms with Gasteiger partial charge in [-0.25, -0.2) is 4.39 Å². The van der Waals surface area contributed by atoms with Crippen LogP contribution in [0.5, 0.6) is 11.5 Å². The molecule has 0 N–H and O–H groups in total. The normalized spacial score (nSPS) is 10.4. The van der Waals surface area contributed by atoms with Crippen LogP contribution in [0.25, 0.3) is 0 Å². The van der Waals surface area contributed by atoms with Gasteiger partial charge in [0.05, 0.1) is 13.7 Å². The lowest BCUT2D eigenvalue weighted by Crippen LogP contribution is -2.26. The van der Waals surface area contributed by atoms with E-state index < -0.39 is 0 Å². The summed E-state index contributed by atoms with van der Waals surface area (Å²) in [5, 5.41) is 0. The van der Waals surface area contributed by atoms with Crippen LogP contribution < -0.4 is 9.47 Å². The molecule has 0 bridgehead atoms. The molecule has 0 fully saturated rings. The number of benzene rings is 2. The average Bonchev–Trinajstić information content (AvgIpc) is 2.63. The Kier molecular flexibility index (Phi) is 6.81. The molecular weight excluding hydrogens is 321 g/mol. The first-order valence-electron chi connectivity index (χ1n) is 8.36. The second-order valence-electron chi connectivity index (χ2n) is 5.82. The highest BCUT2D eigenvalue weighted by Crippen LogP contribution is 2.29. The quantitative estimate of drug-likeness (QED) is 0.670. The van der Waals surface area contributed by atoms with Gasteiger partial charge < -0.3 is 14.4 Å². The second-order valence-corrected chi connectivity index (χ2v) is 5.82. The van der Waals surface area contributed by atoms with Crippen molar-refractivity contribution in [2.75, 3.05) is 20.8 Å². The molecule has 4 nitrogen and oxygen atoms in total. The summed E-state index contributed by atoms with van der Waals surface area (Å²) in [6.07, 6.45) is 1.99. The summed E-state index contributed by atoms with van der Waals surface area (Å²) in [5.41, 5.74) is 0.948. The third-order valence-electron chi connectivity index (χ3n) is 3.88. The van der Waals surface area contributed by atoms with E-state index in [0.29, 0.717) is 29.2 Å². The molecule has 0 saturated carbocycles. The fourth-order valence-electron chi connectivity index (χ4n) is 2.42. The van der Waals surface area contributed by atoms with Crippen LogP contribution in [0, 0.1) is 5.82 Å². The van der Waals surface area contributed by atoms with E-state index in [-0.39, 0.29) is 18.3 Å². The number of unbranched alkanes of at least 4 members (excludes halogenated alkanes) is 1. The smallest absolute Gasteiger partial charge is 0.254 e. The van der Waals surface area contributed by atoms with E-state index in [1.54, 1.807) is 50.6 Å². The van der Waals surface area contributed by atoms with Crippen LogP contribution in [-0.4, -0.2) is 31.6 Å². The molecule has 0 unspecified atom stereocenters. The summed E-state index contributed by atoms with van der Waals surface area (Å²) in [7, 11) is 3.19. The fourth-order valence-corrected chi connectivity index (χ4v) is 2.42. The maximum absolute atomic E-state index is 13.8. The van der Waals surface area contributed by atoms with Gasteiger partial charge in [0, 0.05) is 24.7 Å². The van der Waals surface area contributed by atoms with Crippen molar-refractivity contribution >= 4 is 5.91 Å². The maximum Gasteiger partial charge on any atom is 0.254 e. The standard InChI is InChI=1S/C20H24FNO3/c1-4-5-12-25-18-11-10-15(13-19(18)24-3)20(23)22(2)14-16-8-6-7-9-17(16)21/h6-11,13H,4-5,12,14H2,1-3H3. The molecule has 0 aliphatic heterocycles. The molecule has 134 valence electrons. The number of halogens is 1. The monoisotopic (exact) mass is 345 g/mol. The number of hydrogen-bond donors (Lipinski definition) is 0. The van der Waals surface area contributed by atoms with E-state index in [1.807, 2.05) is 0 Å². The SMILES string of the molecule is CCCCOc1ccc(C(=O)N(C)Cc2ccccc2F)cc1OC. The molecule has 5 heteroatoms. The van der Waals surface area contributed by atoms with E-state index in [9.17, 15) is 9.18 Å². The van der Waals surface area contributed by atoms with Gasteiger partial charge in [-0.1, -0.05) is 31.5 Å². The Bertz CT molecular complexity index is 718. The first-order chi connectivity index (χ1) is 12.1. The Morgan fingerprint density at radius 1 is 1.16 bits per heavy atom. The molecule has 0 saturated heterocycles. The molecule has 0 spiro atoms. The molecule has 0 aromatic heterocycles. The van der Waals surface area contributed by atoms with E-state index >= 15 is 0 Å². The number of amides is 1. The zero-order valence-electron chi connectivity index (χ0n) is 14.9. The Labute approximate surface area is 148 Å². The lowest BCUT2D eigenvalue weighted by molar-refractivity contribution is 0.0783. The van der Waals surface area contributed by atoms with Crippen LogP contribution in [0.15, 0.2) is 42.5 Å². The summed E-state index contributed by atoms with van der Waals surface area (Å²) < 4.78 is 24.8. The number of nitrogens with zero attached hydrogens (tertiary/aromatic N) is 1. The Morgan fingerprint density at radius 3 is 2.60 bits per heavy atom. The van der Waals surface area contributed by atoms with Gasteiger partial charge in [-0.15, -0.1) is 0 Å². The zero-order valence-corrected chi connectivity index (χ0v) is 14.9. The van der Waals surface area contributed by atoms with Gasteiger partial charge in [0.1, 0.15) is 5.82 Å². The molecular formula is C20H24FNO3. The fraction of sp³-hybridized carbons (Fsp3) is 0.350. The van der Waals surface area contributed by atoms with Crippen LogP contribution in [0.1, 0.15) is 35.7 Å². The van der Waals surface area contributed by atoms with Crippen LogP contribution in [0.3, 0.4) is 0 Å². The number of methoxy groups -OCH3 is 1. The van der Waals surface area contributed by atoms with Crippen LogP contribution in [-0.2, 0) is 6.54 Å². The summed E-state index contributed by atoms with van der Waals surface area (Å²) in [4.78, 5) is 14.1. The highest BCUT2D eigenvalue weighted by molar-refractivity contribution is 5.94. The van der Waals surface area contributed by atoms with Crippen molar-refractivity contribution in [2.24, 2.45) is 0 Å². The largest absolute Gasteiger partial charge is 0.493 e. The molecule has 0 heterocycles. The van der Waals surface area contributed by atoms with Crippen molar-refractivity contribution in [3.63, 3.8) is 0 Å². The molecule has 0 radical (unpaired) electrons. The van der Waals surface area contributed by atoms with E-state index in [2.05, 4.69) is 6.92 Å². The minimum absolute atomic E-state index is 0.197. The summed E-state index contributed by atoms with van der Waals surface area (Å²) in [6, 6.07) is 11.5. The highest BCUT2D eigenvalue weighted by Gasteiger charge is 2.16. The number of carbonyl (C=O) groups excluding carboxylic acids is 1. The number of ether oxygens (including phenoxy) is 2. The average molecular weight is 345 g/mol. The Balaban J connectivity index is 2.11. The van der Waals surface area contributed by atoms with Gasteiger partial charge in [-0.05, 0) is 30.7 Å². The van der Waals surface area contributed by atoms with Crippen molar-refractivity contribution in [1.29, 1.82) is 0 Å². The predicted molar refractivity (Wildman–Crippen MR) is 95.6 cm³/mol. The minimum atomic E-state index is -0.320.